The summed E-state index contributed by atoms with van der Waals surface area (Å²) in [4.78, 5) is 33.9. The van der Waals surface area contributed by atoms with Gasteiger partial charge in [-0.1, -0.05) is 84.4 Å². The van der Waals surface area contributed by atoms with Gasteiger partial charge in [0.2, 0.25) is 0 Å². The molecule has 264 valence electrons. The fraction of sp³-hybridized carbons (Fsp3) is 0.649. The van der Waals surface area contributed by atoms with Crippen molar-refractivity contribution < 1.29 is 23.3 Å². The molecular weight excluding hydrogens is 611 g/mol. The summed E-state index contributed by atoms with van der Waals surface area (Å²) in [5.41, 5.74) is 3.77. The van der Waals surface area contributed by atoms with Crippen molar-refractivity contribution in [2.45, 2.75) is 92.3 Å². The van der Waals surface area contributed by atoms with Gasteiger partial charge in [0, 0.05) is 44.2 Å². The number of phosphoric acid groups is 1. The Morgan fingerprint density at radius 3 is 2.11 bits per heavy atom. The number of rotatable bonds is 22. The zero-order valence-electron chi connectivity index (χ0n) is 30.1. The molecule has 4 unspecified atom stereocenters. The van der Waals surface area contributed by atoms with Gasteiger partial charge in [-0.25, -0.2) is 4.57 Å². The zero-order valence-corrected chi connectivity index (χ0v) is 31.0. The highest BCUT2D eigenvalue weighted by atomic mass is 31.2. The molecule has 10 heteroatoms. The molecule has 0 aliphatic heterocycles. The predicted molar refractivity (Wildman–Crippen MR) is 192 cm³/mol. The molecule has 0 fully saturated rings. The van der Waals surface area contributed by atoms with Gasteiger partial charge in [0.1, 0.15) is 0 Å². The molecule has 0 saturated carbocycles. The third kappa shape index (κ3) is 11.2. The summed E-state index contributed by atoms with van der Waals surface area (Å²) in [7, 11) is -4.48. The van der Waals surface area contributed by atoms with E-state index in [1.54, 1.807) is 4.90 Å². The molecule has 47 heavy (non-hydrogen) atoms. The van der Waals surface area contributed by atoms with Gasteiger partial charge in [-0.2, -0.15) is 0 Å². The first-order valence-electron chi connectivity index (χ1n) is 18.0. The molecule has 0 spiro atoms. The highest BCUT2D eigenvalue weighted by molar-refractivity contribution is 7.47. The van der Waals surface area contributed by atoms with Gasteiger partial charge in [-0.15, -0.1) is 0 Å². The van der Waals surface area contributed by atoms with E-state index in [0.29, 0.717) is 18.5 Å². The lowest BCUT2D eigenvalue weighted by molar-refractivity contribution is 0.0268. The number of hydrogen-bond donors (Lipinski definition) is 1. The van der Waals surface area contributed by atoms with Crippen LogP contribution in [0.15, 0.2) is 48.5 Å². The van der Waals surface area contributed by atoms with Crippen molar-refractivity contribution in [3.8, 4) is 0 Å². The smallest absolute Gasteiger partial charge is 0.329 e. The van der Waals surface area contributed by atoms with E-state index in [9.17, 15) is 14.3 Å². The van der Waals surface area contributed by atoms with Crippen molar-refractivity contribution >= 4 is 13.7 Å². The van der Waals surface area contributed by atoms with Gasteiger partial charge >= 0.3 is 7.82 Å². The maximum atomic E-state index is 13.9. The van der Waals surface area contributed by atoms with Crippen LogP contribution in [0.4, 0.5) is 0 Å². The van der Waals surface area contributed by atoms with Crippen molar-refractivity contribution in [2.24, 2.45) is 0 Å². The zero-order chi connectivity index (χ0) is 34.4. The monoisotopic (exact) mass is 672 g/mol. The van der Waals surface area contributed by atoms with Crippen molar-refractivity contribution in [1.29, 1.82) is 0 Å². The molecule has 1 amide bonds. The van der Waals surface area contributed by atoms with Crippen LogP contribution in [-0.2, 0) is 26.5 Å². The summed E-state index contributed by atoms with van der Waals surface area (Å²) < 4.78 is 25.5. The number of carbonyl (C=O) groups is 1. The summed E-state index contributed by atoms with van der Waals surface area (Å²) in [6.07, 6.45) is 2.92. The van der Waals surface area contributed by atoms with Crippen LogP contribution < -0.4 is 0 Å². The van der Waals surface area contributed by atoms with Crippen LogP contribution in [0.2, 0.25) is 0 Å². The Morgan fingerprint density at radius 1 is 0.872 bits per heavy atom. The van der Waals surface area contributed by atoms with Crippen molar-refractivity contribution in [3.63, 3.8) is 0 Å². The van der Waals surface area contributed by atoms with E-state index in [2.05, 4.69) is 56.2 Å². The normalized spacial score (nSPS) is 18.1. The summed E-state index contributed by atoms with van der Waals surface area (Å²) in [5, 5.41) is 0. The minimum absolute atomic E-state index is 0.0718. The Kier molecular flexibility index (Phi) is 16.6. The molecule has 1 N–H and O–H groups in total. The number of unbranched alkanes of at least 4 members (excludes halogenated alkanes) is 1. The molecule has 0 saturated heterocycles. The van der Waals surface area contributed by atoms with E-state index in [1.807, 2.05) is 55.5 Å². The number of fused-ring (bicyclic) bond motifs is 1. The quantitative estimate of drug-likeness (QED) is 0.139. The third-order valence-electron chi connectivity index (χ3n) is 9.67. The van der Waals surface area contributed by atoms with E-state index in [0.717, 1.165) is 82.7 Å². The predicted octanol–water partition coefficient (Wildman–Crippen LogP) is 6.67. The molecule has 1 aliphatic rings. The Morgan fingerprint density at radius 2 is 1.51 bits per heavy atom. The van der Waals surface area contributed by atoms with Gasteiger partial charge < -0.3 is 19.6 Å². The molecule has 3 rings (SSSR count). The third-order valence-corrected chi connectivity index (χ3v) is 10.7. The lowest BCUT2D eigenvalue weighted by Gasteiger charge is -2.36. The van der Waals surface area contributed by atoms with E-state index in [4.69, 9.17) is 9.05 Å². The number of phosphoric ester groups is 1. The summed E-state index contributed by atoms with van der Waals surface area (Å²) in [6.45, 7) is 22.5. The number of likely N-dealkylation sites (N-methyl/N-ethyl adjacent to an activating group) is 4. The number of benzene rings is 2. The second-order valence-electron chi connectivity index (χ2n) is 12.4. The first-order chi connectivity index (χ1) is 22.6. The fourth-order valence-corrected chi connectivity index (χ4v) is 7.68. The average Bonchev–Trinajstić information content (AvgIpc) is 3.43. The van der Waals surface area contributed by atoms with Gasteiger partial charge in [-0.05, 0) is 81.3 Å². The Hall–Kier alpha value is -2.10. The van der Waals surface area contributed by atoms with Gasteiger partial charge in [0.05, 0.1) is 18.8 Å². The maximum Gasteiger partial charge on any atom is 0.472 e. The fourth-order valence-electron chi connectivity index (χ4n) is 6.72. The van der Waals surface area contributed by atoms with Crippen LogP contribution in [0.3, 0.4) is 0 Å². The van der Waals surface area contributed by atoms with Crippen LogP contribution >= 0.6 is 7.82 Å². The number of aryl methyl sites for hydroxylation is 1. The standard InChI is InChI=1S/C37H61N4O5P/c1-8-15-18-30-21-23-31(24-22-30)37(42)41(14-7)36-34-20-17-16-19-32(34)27-35(36)46-47(43,44)45-29-33(40(12-5)13-6)28-39(11-4)26-25-38(9-2)10-3/h16-17,19-24,33,35-36H,8-15,18,25-29H2,1-7H3,(H,43,44). The molecule has 2 aromatic carbocycles. The second-order valence-corrected chi connectivity index (χ2v) is 13.8. The van der Waals surface area contributed by atoms with Gasteiger partial charge in [-0.3, -0.25) is 18.7 Å². The number of hydrogen-bond acceptors (Lipinski definition) is 7. The van der Waals surface area contributed by atoms with Crippen LogP contribution in [0, 0.1) is 0 Å². The second kappa shape index (κ2) is 19.8. The first-order valence-corrected chi connectivity index (χ1v) is 19.5. The van der Waals surface area contributed by atoms with E-state index in [1.165, 1.54) is 5.56 Å². The Bertz CT molecular complexity index is 1250. The molecule has 0 radical (unpaired) electrons. The van der Waals surface area contributed by atoms with Gasteiger partial charge in [0.15, 0.2) is 0 Å². The molecule has 0 aromatic heterocycles. The van der Waals surface area contributed by atoms with E-state index in [-0.39, 0.29) is 18.6 Å². The number of carbonyl (C=O) groups excluding carboxylic acids is 1. The summed E-state index contributed by atoms with van der Waals surface area (Å²) in [5.74, 6) is -0.121. The van der Waals surface area contributed by atoms with E-state index >= 15 is 0 Å². The first kappa shape index (κ1) is 39.3. The Balaban J connectivity index is 1.77. The van der Waals surface area contributed by atoms with Crippen molar-refractivity contribution in [3.05, 3.63) is 70.8 Å². The minimum atomic E-state index is -4.48. The molecular formula is C37H61N4O5P. The average molecular weight is 673 g/mol. The van der Waals surface area contributed by atoms with Crippen LogP contribution in [0.5, 0.6) is 0 Å². The highest BCUT2D eigenvalue weighted by Gasteiger charge is 2.43. The van der Waals surface area contributed by atoms with E-state index < -0.39 is 20.0 Å². The van der Waals surface area contributed by atoms with Crippen LogP contribution in [-0.4, -0.2) is 108 Å². The largest absolute Gasteiger partial charge is 0.472 e. The molecule has 1 aliphatic carbocycles. The molecule has 2 aromatic rings. The molecule has 0 bridgehead atoms. The summed E-state index contributed by atoms with van der Waals surface area (Å²) in [6, 6.07) is 15.1. The van der Waals surface area contributed by atoms with Crippen LogP contribution in [0.25, 0.3) is 0 Å². The lowest BCUT2D eigenvalue weighted by atomic mass is 10.0. The lowest BCUT2D eigenvalue weighted by Crippen LogP contribution is -2.48. The van der Waals surface area contributed by atoms with Crippen molar-refractivity contribution in [2.75, 3.05) is 65.5 Å². The molecule has 9 nitrogen and oxygen atoms in total. The minimum Gasteiger partial charge on any atom is -0.329 e. The van der Waals surface area contributed by atoms with Crippen LogP contribution in [0.1, 0.15) is 94.4 Å². The molecule has 0 heterocycles. The Labute approximate surface area is 284 Å². The SMILES string of the molecule is CCCCc1ccc(C(=O)N(CC)C2c3ccccc3CC2OP(=O)(O)OCC(CN(CC)CCN(CC)CC)N(CC)CC)cc1. The highest BCUT2D eigenvalue weighted by Crippen LogP contribution is 2.50. The number of nitrogens with zero attached hydrogens (tertiary/aromatic N) is 4. The van der Waals surface area contributed by atoms with Gasteiger partial charge in [0.25, 0.3) is 5.91 Å². The van der Waals surface area contributed by atoms with Crippen molar-refractivity contribution in [1.82, 2.24) is 19.6 Å². The maximum absolute atomic E-state index is 13.9. The number of amides is 1. The summed E-state index contributed by atoms with van der Waals surface area (Å²) >= 11 is 0. The molecule has 4 atom stereocenters. The topological polar surface area (TPSA) is 85.8 Å².